The zero-order valence-electron chi connectivity index (χ0n) is 17.9. The van der Waals surface area contributed by atoms with Gasteiger partial charge in [0.25, 0.3) is 0 Å². The average molecular weight is 420 g/mol. The lowest BCUT2D eigenvalue weighted by Gasteiger charge is -2.34. The van der Waals surface area contributed by atoms with Crippen LogP contribution in [-0.4, -0.2) is 74.8 Å². The molecule has 0 N–H and O–H groups in total. The average Bonchev–Trinajstić information content (AvgIpc) is 3.48. The van der Waals surface area contributed by atoms with Crippen LogP contribution >= 0.6 is 0 Å². The molecule has 8 heteroatoms. The van der Waals surface area contributed by atoms with Crippen molar-refractivity contribution in [2.45, 2.75) is 32.2 Å². The zero-order valence-corrected chi connectivity index (χ0v) is 17.9. The number of hydrogen-bond acceptors (Lipinski definition) is 6. The molecule has 0 saturated carbocycles. The molecule has 8 nitrogen and oxygen atoms in total. The highest BCUT2D eigenvalue weighted by atomic mass is 16.2. The number of hydrogen-bond donors (Lipinski definition) is 0. The number of aromatic nitrogens is 4. The van der Waals surface area contributed by atoms with Gasteiger partial charge in [-0.2, -0.15) is 4.52 Å². The minimum atomic E-state index is 0.187. The highest BCUT2D eigenvalue weighted by molar-refractivity contribution is 5.76. The van der Waals surface area contributed by atoms with E-state index in [1.807, 2.05) is 23.1 Å². The number of amides is 1. The summed E-state index contributed by atoms with van der Waals surface area (Å²) in [6.07, 6.45) is 3.42. The van der Waals surface area contributed by atoms with Crippen LogP contribution in [-0.2, 0) is 17.8 Å². The maximum atomic E-state index is 12.8. The third-order valence-corrected chi connectivity index (χ3v) is 6.28. The number of fused-ring (bicyclic) bond motifs is 1. The van der Waals surface area contributed by atoms with Gasteiger partial charge in [0.2, 0.25) is 5.91 Å². The van der Waals surface area contributed by atoms with Crippen LogP contribution in [0.3, 0.4) is 0 Å². The monoisotopic (exact) mass is 419 g/mol. The summed E-state index contributed by atoms with van der Waals surface area (Å²) >= 11 is 0. The molecule has 2 saturated heterocycles. The van der Waals surface area contributed by atoms with Crippen LogP contribution in [0.15, 0.2) is 42.5 Å². The summed E-state index contributed by atoms with van der Waals surface area (Å²) in [6.45, 7) is 6.42. The molecule has 0 radical (unpaired) electrons. The van der Waals surface area contributed by atoms with E-state index in [9.17, 15) is 4.79 Å². The molecule has 1 amide bonds. The number of piperazine rings is 1. The third kappa shape index (κ3) is 4.54. The predicted molar refractivity (Wildman–Crippen MR) is 119 cm³/mol. The molecule has 2 aliphatic heterocycles. The van der Waals surface area contributed by atoms with Gasteiger partial charge in [-0.25, -0.2) is 0 Å². The van der Waals surface area contributed by atoms with E-state index in [0.29, 0.717) is 12.8 Å². The molecule has 4 heterocycles. The van der Waals surface area contributed by atoms with Crippen LogP contribution in [0.2, 0.25) is 0 Å². The van der Waals surface area contributed by atoms with E-state index in [0.717, 1.165) is 63.1 Å². The number of rotatable bonds is 6. The Morgan fingerprint density at radius 1 is 0.871 bits per heavy atom. The summed E-state index contributed by atoms with van der Waals surface area (Å²) in [7, 11) is 0. The van der Waals surface area contributed by atoms with Crippen LogP contribution < -0.4 is 4.90 Å². The zero-order chi connectivity index (χ0) is 21.0. The van der Waals surface area contributed by atoms with Crippen molar-refractivity contribution in [2.24, 2.45) is 0 Å². The van der Waals surface area contributed by atoms with E-state index in [1.54, 1.807) is 4.52 Å². The van der Waals surface area contributed by atoms with E-state index in [-0.39, 0.29) is 5.91 Å². The summed E-state index contributed by atoms with van der Waals surface area (Å²) in [6, 6.07) is 14.5. The molecule has 2 aromatic heterocycles. The lowest BCUT2D eigenvalue weighted by Crippen LogP contribution is -2.48. The quantitative estimate of drug-likeness (QED) is 0.609. The van der Waals surface area contributed by atoms with Crippen molar-refractivity contribution < 1.29 is 4.79 Å². The fourth-order valence-corrected chi connectivity index (χ4v) is 4.47. The van der Waals surface area contributed by atoms with Crippen molar-refractivity contribution in [1.29, 1.82) is 0 Å². The summed E-state index contributed by atoms with van der Waals surface area (Å²) in [5.74, 6) is 1.91. The number of nitrogens with zero attached hydrogens (tertiary/aromatic N) is 7. The SMILES string of the molecule is O=C(CCc1nnc2ccc(N3CCCC3)nn12)N1CCN(Cc2ccccc2)CC1. The van der Waals surface area contributed by atoms with Gasteiger partial charge in [0, 0.05) is 58.7 Å². The molecule has 2 fully saturated rings. The van der Waals surface area contributed by atoms with E-state index in [2.05, 4.69) is 44.3 Å². The topological polar surface area (TPSA) is 69.9 Å². The second-order valence-electron chi connectivity index (χ2n) is 8.41. The van der Waals surface area contributed by atoms with E-state index >= 15 is 0 Å². The number of anilines is 1. The van der Waals surface area contributed by atoms with E-state index in [4.69, 9.17) is 5.10 Å². The number of benzene rings is 1. The van der Waals surface area contributed by atoms with Crippen LogP contribution in [0.1, 0.15) is 30.7 Å². The first-order chi connectivity index (χ1) is 15.3. The Hall–Kier alpha value is -3.00. The summed E-state index contributed by atoms with van der Waals surface area (Å²) in [5.41, 5.74) is 2.06. The maximum absolute atomic E-state index is 12.8. The van der Waals surface area contributed by atoms with Crippen LogP contribution in [0.4, 0.5) is 5.82 Å². The van der Waals surface area contributed by atoms with E-state index < -0.39 is 0 Å². The van der Waals surface area contributed by atoms with Crippen molar-refractivity contribution in [3.05, 3.63) is 53.9 Å². The first-order valence-electron chi connectivity index (χ1n) is 11.3. The van der Waals surface area contributed by atoms with Gasteiger partial charge in [-0.15, -0.1) is 15.3 Å². The van der Waals surface area contributed by atoms with Gasteiger partial charge in [0.05, 0.1) is 0 Å². The predicted octanol–water partition coefficient (Wildman–Crippen LogP) is 2.00. The second kappa shape index (κ2) is 9.01. The molecule has 31 heavy (non-hydrogen) atoms. The van der Waals surface area contributed by atoms with Crippen molar-refractivity contribution >= 4 is 17.4 Å². The van der Waals surface area contributed by atoms with E-state index in [1.165, 1.54) is 18.4 Å². The van der Waals surface area contributed by atoms with Gasteiger partial charge < -0.3 is 9.80 Å². The van der Waals surface area contributed by atoms with Crippen LogP contribution in [0, 0.1) is 0 Å². The van der Waals surface area contributed by atoms with Crippen molar-refractivity contribution in [3.8, 4) is 0 Å². The van der Waals surface area contributed by atoms with Gasteiger partial charge in [0.1, 0.15) is 5.82 Å². The molecule has 0 bridgehead atoms. The highest BCUT2D eigenvalue weighted by Crippen LogP contribution is 2.18. The number of aryl methyl sites for hydroxylation is 1. The molecule has 3 aromatic rings. The summed E-state index contributed by atoms with van der Waals surface area (Å²) in [4.78, 5) is 19.5. The Balaban J connectivity index is 1.15. The van der Waals surface area contributed by atoms with Gasteiger partial charge in [-0.1, -0.05) is 30.3 Å². The molecular weight excluding hydrogens is 390 g/mol. The first-order valence-corrected chi connectivity index (χ1v) is 11.3. The normalized spacial score (nSPS) is 17.5. The van der Waals surface area contributed by atoms with Crippen molar-refractivity contribution in [3.63, 3.8) is 0 Å². The maximum Gasteiger partial charge on any atom is 0.223 e. The molecule has 5 rings (SSSR count). The Morgan fingerprint density at radius 3 is 2.42 bits per heavy atom. The van der Waals surface area contributed by atoms with Crippen LogP contribution in [0.5, 0.6) is 0 Å². The molecule has 162 valence electrons. The minimum absolute atomic E-state index is 0.187. The molecule has 2 aliphatic rings. The second-order valence-corrected chi connectivity index (χ2v) is 8.41. The lowest BCUT2D eigenvalue weighted by atomic mass is 10.2. The lowest BCUT2D eigenvalue weighted by molar-refractivity contribution is -0.133. The van der Waals surface area contributed by atoms with Gasteiger partial charge >= 0.3 is 0 Å². The molecule has 1 aromatic carbocycles. The highest BCUT2D eigenvalue weighted by Gasteiger charge is 2.22. The van der Waals surface area contributed by atoms with Gasteiger partial charge in [-0.05, 0) is 30.5 Å². The molecule has 0 spiro atoms. The number of carbonyl (C=O) groups excluding carboxylic acids is 1. The molecule has 0 atom stereocenters. The standard InChI is InChI=1S/C23H29N7O/c31-23(29-16-14-27(15-17-29)18-19-6-2-1-3-7-19)11-10-21-25-24-20-8-9-22(26-30(20)21)28-12-4-5-13-28/h1-3,6-9H,4-5,10-18H2. The minimum Gasteiger partial charge on any atom is -0.355 e. The van der Waals surface area contributed by atoms with Gasteiger partial charge in [-0.3, -0.25) is 9.69 Å². The first kappa shape index (κ1) is 19.9. The smallest absolute Gasteiger partial charge is 0.223 e. The Kier molecular flexibility index (Phi) is 5.80. The fraction of sp³-hybridized carbons (Fsp3) is 0.478. The summed E-state index contributed by atoms with van der Waals surface area (Å²) in [5, 5.41) is 13.3. The third-order valence-electron chi connectivity index (χ3n) is 6.28. The van der Waals surface area contributed by atoms with Crippen molar-refractivity contribution in [2.75, 3.05) is 44.2 Å². The molecule has 0 unspecified atom stereocenters. The number of carbonyl (C=O) groups is 1. The van der Waals surface area contributed by atoms with Crippen molar-refractivity contribution in [1.82, 2.24) is 29.6 Å². The molecule has 0 aliphatic carbocycles. The Morgan fingerprint density at radius 2 is 1.65 bits per heavy atom. The fourth-order valence-electron chi connectivity index (χ4n) is 4.47. The van der Waals surface area contributed by atoms with Crippen LogP contribution in [0.25, 0.3) is 5.65 Å². The molecular formula is C23H29N7O. The summed E-state index contributed by atoms with van der Waals surface area (Å²) < 4.78 is 1.80. The van der Waals surface area contributed by atoms with Gasteiger partial charge in [0.15, 0.2) is 11.5 Å². The Bertz CT molecular complexity index is 1020. The Labute approximate surface area is 182 Å². The largest absolute Gasteiger partial charge is 0.355 e.